The molecule has 0 N–H and O–H groups in total. The molecule has 0 aliphatic heterocycles. The van der Waals surface area contributed by atoms with Gasteiger partial charge in [0.2, 0.25) is 0 Å². The van der Waals surface area contributed by atoms with Crippen LogP contribution in [0.5, 0.6) is 0 Å². The lowest BCUT2D eigenvalue weighted by molar-refractivity contribution is -0.167. The molecule has 6 nitrogen and oxygen atoms in total. The first kappa shape index (κ1) is 58.3. The van der Waals surface area contributed by atoms with Gasteiger partial charge in [-0.1, -0.05) is 189 Å². The standard InChI is InChI=1S/C56H92O6/c1-4-7-10-13-16-19-22-25-27-28-30-31-34-37-40-43-46-49-55(58)61-52-53(51-60-54(57)48-45-42-39-36-33-24-21-18-15-12-9-6-3)62-56(59)50-47-44-41-38-35-32-29-26-23-20-17-14-11-8-5-2/h9,12,17-18,20-21,23,25-27,30-31,33,36-37,40,53H,4-8,10-11,13-16,19,22,24,28-29,32,34-35,38-39,41-52H2,1-3H3/b12-9-,20-17-,21-18-,26-23-,27-25-,31-30-,36-33-,40-37-. The predicted molar refractivity (Wildman–Crippen MR) is 265 cm³/mol. The molecule has 62 heavy (non-hydrogen) atoms. The van der Waals surface area contributed by atoms with Gasteiger partial charge in [-0.2, -0.15) is 0 Å². The maximum Gasteiger partial charge on any atom is 0.306 e. The first-order valence-electron chi connectivity index (χ1n) is 25.3. The number of hydrogen-bond acceptors (Lipinski definition) is 6. The summed E-state index contributed by atoms with van der Waals surface area (Å²) in [6.07, 6.45) is 65.4. The van der Waals surface area contributed by atoms with Crippen LogP contribution in [0.2, 0.25) is 0 Å². The van der Waals surface area contributed by atoms with E-state index in [-0.39, 0.29) is 37.5 Å². The lowest BCUT2D eigenvalue weighted by Crippen LogP contribution is -2.30. The molecular weight excluding hydrogens is 769 g/mol. The van der Waals surface area contributed by atoms with Crippen molar-refractivity contribution in [3.63, 3.8) is 0 Å². The van der Waals surface area contributed by atoms with Crippen LogP contribution in [0.1, 0.15) is 220 Å². The Morgan fingerprint density at radius 1 is 0.355 bits per heavy atom. The number of hydrogen-bond donors (Lipinski definition) is 0. The van der Waals surface area contributed by atoms with Crippen LogP contribution >= 0.6 is 0 Å². The van der Waals surface area contributed by atoms with Crippen molar-refractivity contribution in [3.8, 4) is 0 Å². The average molecular weight is 861 g/mol. The van der Waals surface area contributed by atoms with E-state index in [1.807, 2.05) is 0 Å². The molecule has 1 atom stereocenters. The molecule has 0 aromatic heterocycles. The number of esters is 3. The predicted octanol–water partition coefficient (Wildman–Crippen LogP) is 16.6. The van der Waals surface area contributed by atoms with Gasteiger partial charge in [0.05, 0.1) is 0 Å². The summed E-state index contributed by atoms with van der Waals surface area (Å²) in [5.41, 5.74) is 0. The first-order valence-corrected chi connectivity index (χ1v) is 25.3. The van der Waals surface area contributed by atoms with Crippen molar-refractivity contribution >= 4 is 17.9 Å². The van der Waals surface area contributed by atoms with Gasteiger partial charge >= 0.3 is 17.9 Å². The van der Waals surface area contributed by atoms with Crippen molar-refractivity contribution < 1.29 is 28.6 Å². The Kier molecular flexibility index (Phi) is 47.0. The molecule has 0 spiro atoms. The van der Waals surface area contributed by atoms with Gasteiger partial charge in [-0.15, -0.1) is 0 Å². The van der Waals surface area contributed by atoms with Crippen molar-refractivity contribution in [2.45, 2.75) is 226 Å². The van der Waals surface area contributed by atoms with E-state index in [4.69, 9.17) is 14.2 Å². The summed E-state index contributed by atoms with van der Waals surface area (Å²) in [5.74, 6) is -1.03. The molecule has 0 heterocycles. The van der Waals surface area contributed by atoms with E-state index in [9.17, 15) is 14.4 Å². The molecule has 0 radical (unpaired) electrons. The normalized spacial score (nSPS) is 12.9. The third-order valence-electron chi connectivity index (χ3n) is 10.3. The molecule has 0 saturated heterocycles. The number of rotatable bonds is 44. The largest absolute Gasteiger partial charge is 0.462 e. The second kappa shape index (κ2) is 50.0. The summed E-state index contributed by atoms with van der Waals surface area (Å²) in [6.45, 7) is 6.38. The highest BCUT2D eigenvalue weighted by molar-refractivity contribution is 5.71. The van der Waals surface area contributed by atoms with Gasteiger partial charge in [0.1, 0.15) is 13.2 Å². The highest BCUT2D eigenvalue weighted by Crippen LogP contribution is 2.12. The molecule has 1 unspecified atom stereocenters. The van der Waals surface area contributed by atoms with Crippen LogP contribution < -0.4 is 0 Å². The van der Waals surface area contributed by atoms with Crippen LogP contribution in [0.25, 0.3) is 0 Å². The fourth-order valence-electron chi connectivity index (χ4n) is 6.52. The summed E-state index contributed by atoms with van der Waals surface area (Å²) in [4.78, 5) is 37.9. The maximum absolute atomic E-state index is 12.8. The van der Waals surface area contributed by atoms with E-state index in [0.29, 0.717) is 19.3 Å². The van der Waals surface area contributed by atoms with E-state index in [2.05, 4.69) is 118 Å². The van der Waals surface area contributed by atoms with E-state index in [0.717, 1.165) is 96.3 Å². The molecule has 0 rings (SSSR count). The van der Waals surface area contributed by atoms with Crippen molar-refractivity contribution in [1.82, 2.24) is 0 Å². The Labute approximate surface area is 381 Å². The topological polar surface area (TPSA) is 78.9 Å². The summed E-state index contributed by atoms with van der Waals surface area (Å²) in [5, 5.41) is 0. The quantitative estimate of drug-likeness (QED) is 0.0200. The average Bonchev–Trinajstić information content (AvgIpc) is 3.27. The monoisotopic (exact) mass is 861 g/mol. The van der Waals surface area contributed by atoms with Crippen LogP contribution in [-0.4, -0.2) is 37.2 Å². The Morgan fingerprint density at radius 3 is 1.21 bits per heavy atom. The third-order valence-corrected chi connectivity index (χ3v) is 10.3. The summed E-state index contributed by atoms with van der Waals surface area (Å²) >= 11 is 0. The molecule has 352 valence electrons. The van der Waals surface area contributed by atoms with Gasteiger partial charge in [-0.25, -0.2) is 0 Å². The molecule has 0 aliphatic rings. The molecule has 0 aromatic carbocycles. The van der Waals surface area contributed by atoms with Crippen LogP contribution in [0.15, 0.2) is 97.2 Å². The fourth-order valence-corrected chi connectivity index (χ4v) is 6.52. The van der Waals surface area contributed by atoms with Crippen molar-refractivity contribution in [2.75, 3.05) is 13.2 Å². The number of carbonyl (C=O) groups is 3. The van der Waals surface area contributed by atoms with E-state index < -0.39 is 6.10 Å². The zero-order chi connectivity index (χ0) is 45.1. The van der Waals surface area contributed by atoms with Gasteiger partial charge in [-0.05, 0) is 109 Å². The third kappa shape index (κ3) is 47.4. The second-order valence-corrected chi connectivity index (χ2v) is 16.4. The lowest BCUT2D eigenvalue weighted by atomic mass is 10.1. The van der Waals surface area contributed by atoms with Crippen LogP contribution in [-0.2, 0) is 28.6 Å². The summed E-state index contributed by atoms with van der Waals surface area (Å²) in [7, 11) is 0. The number of carbonyl (C=O) groups excluding carboxylic acids is 3. The second-order valence-electron chi connectivity index (χ2n) is 16.4. The van der Waals surface area contributed by atoms with Crippen LogP contribution in [0, 0.1) is 0 Å². The van der Waals surface area contributed by atoms with Gasteiger partial charge in [0.25, 0.3) is 0 Å². The van der Waals surface area contributed by atoms with Gasteiger partial charge in [-0.3, -0.25) is 14.4 Å². The SMILES string of the molecule is CC/C=C\C/C=C\C/C=C\CCCCC(=O)OCC(COC(=O)CCC/C=C\C/C=C\C/C=C\CCCCCCCC)OC(=O)CCCCCCCC/C=C\C=C/CCCCC. The molecule has 0 bridgehead atoms. The zero-order valence-corrected chi connectivity index (χ0v) is 40.1. The van der Waals surface area contributed by atoms with E-state index in [1.165, 1.54) is 77.0 Å². The van der Waals surface area contributed by atoms with Crippen molar-refractivity contribution in [3.05, 3.63) is 97.2 Å². The van der Waals surface area contributed by atoms with Crippen molar-refractivity contribution in [2.24, 2.45) is 0 Å². The van der Waals surface area contributed by atoms with Crippen molar-refractivity contribution in [1.29, 1.82) is 0 Å². The maximum atomic E-state index is 12.8. The minimum Gasteiger partial charge on any atom is -0.462 e. The molecule has 0 aliphatic carbocycles. The fraction of sp³-hybridized carbons (Fsp3) is 0.661. The molecule has 6 heteroatoms. The van der Waals surface area contributed by atoms with Crippen LogP contribution in [0.3, 0.4) is 0 Å². The Balaban J connectivity index is 4.53. The summed E-state index contributed by atoms with van der Waals surface area (Å²) in [6, 6.07) is 0. The molecule has 0 fully saturated rings. The zero-order valence-electron chi connectivity index (χ0n) is 40.1. The van der Waals surface area contributed by atoms with E-state index in [1.54, 1.807) is 0 Å². The minimum atomic E-state index is -0.819. The highest BCUT2D eigenvalue weighted by Gasteiger charge is 2.19. The number of allylic oxidation sites excluding steroid dienone is 16. The first-order chi connectivity index (χ1) is 30.5. The molecule has 0 aromatic rings. The van der Waals surface area contributed by atoms with Gasteiger partial charge in [0.15, 0.2) is 6.10 Å². The minimum absolute atomic E-state index is 0.119. The smallest absolute Gasteiger partial charge is 0.306 e. The Hall–Kier alpha value is -3.67. The number of ether oxygens (including phenoxy) is 3. The van der Waals surface area contributed by atoms with Gasteiger partial charge in [0, 0.05) is 19.3 Å². The summed E-state index contributed by atoms with van der Waals surface area (Å²) < 4.78 is 16.7. The molecule has 0 amide bonds. The lowest BCUT2D eigenvalue weighted by Gasteiger charge is -2.18. The molecule has 0 saturated carbocycles. The highest BCUT2D eigenvalue weighted by atomic mass is 16.6. The molecular formula is C56H92O6. The van der Waals surface area contributed by atoms with E-state index >= 15 is 0 Å². The Morgan fingerprint density at radius 2 is 0.694 bits per heavy atom. The van der Waals surface area contributed by atoms with Crippen LogP contribution in [0.4, 0.5) is 0 Å². The number of unbranched alkanes of at least 4 members (excludes halogenated alkanes) is 18. The van der Waals surface area contributed by atoms with Gasteiger partial charge < -0.3 is 14.2 Å². The Bertz CT molecular complexity index is 1260.